The molecule has 7 rings (SSSR count). The summed E-state index contributed by atoms with van der Waals surface area (Å²) in [5.41, 5.74) is 3.43. The molecule has 9 nitrogen and oxygen atoms in total. The molecule has 4 aromatic rings. The van der Waals surface area contributed by atoms with Crippen molar-refractivity contribution < 1.29 is 13.2 Å². The Hall–Kier alpha value is -3.60. The number of primary sulfonamides is 1. The third kappa shape index (κ3) is 4.38. The molecule has 196 valence electrons. The highest BCUT2D eigenvalue weighted by Gasteiger charge is 2.44. The Morgan fingerprint density at radius 1 is 1.18 bits per heavy atom. The minimum Gasteiger partial charge on any atom is -0.497 e. The normalized spacial score (nSPS) is 23.8. The van der Waals surface area contributed by atoms with Crippen molar-refractivity contribution in [3.05, 3.63) is 79.1 Å². The lowest BCUT2D eigenvalue weighted by Gasteiger charge is -2.51. The van der Waals surface area contributed by atoms with Crippen molar-refractivity contribution in [1.82, 2.24) is 24.9 Å². The van der Waals surface area contributed by atoms with Gasteiger partial charge in [-0.05, 0) is 73.2 Å². The van der Waals surface area contributed by atoms with E-state index in [0.717, 1.165) is 47.3 Å². The molecule has 2 N–H and O–H groups in total. The second kappa shape index (κ2) is 9.61. The predicted molar refractivity (Wildman–Crippen MR) is 145 cm³/mol. The van der Waals surface area contributed by atoms with Crippen molar-refractivity contribution in [2.45, 2.75) is 29.8 Å². The molecule has 3 aliphatic rings. The number of pyridine rings is 1. The molecule has 3 saturated heterocycles. The molecule has 0 amide bonds. The van der Waals surface area contributed by atoms with Gasteiger partial charge in [0.1, 0.15) is 11.4 Å². The standard InChI is InChI=1S/C28H30N6O3S/c1-3-18-16-33-13-11-20(18)14-27(33)28(23-10-12-30-25-9-6-21(37-2)15-24(23)25)34-17-26(31-32-34)19-4-7-22(8-5-19)38(29,35)36/h3-10,12,15,17-18,20,27-28H,1,11,13-14,16H2,2H3,(H2,29,35,36)/t18?,20?,27-,28-/m1/s1. The third-order valence-corrected chi connectivity index (χ3v) is 9.02. The second-order valence-corrected chi connectivity index (χ2v) is 11.7. The summed E-state index contributed by atoms with van der Waals surface area (Å²) >= 11 is 0. The van der Waals surface area contributed by atoms with Gasteiger partial charge in [-0.2, -0.15) is 0 Å². The number of nitrogens with zero attached hydrogens (tertiary/aromatic N) is 5. The van der Waals surface area contributed by atoms with E-state index in [1.807, 2.05) is 35.3 Å². The summed E-state index contributed by atoms with van der Waals surface area (Å²) in [6.07, 6.45) is 8.10. The van der Waals surface area contributed by atoms with Gasteiger partial charge in [-0.15, -0.1) is 11.7 Å². The summed E-state index contributed by atoms with van der Waals surface area (Å²) in [6, 6.07) is 14.5. The molecule has 0 spiro atoms. The van der Waals surface area contributed by atoms with Gasteiger partial charge in [-0.1, -0.05) is 23.4 Å². The van der Waals surface area contributed by atoms with Gasteiger partial charge < -0.3 is 4.74 Å². The maximum Gasteiger partial charge on any atom is 0.238 e. The average Bonchev–Trinajstić information content (AvgIpc) is 3.43. The van der Waals surface area contributed by atoms with E-state index in [1.165, 1.54) is 18.6 Å². The van der Waals surface area contributed by atoms with Gasteiger partial charge in [0.25, 0.3) is 0 Å². The van der Waals surface area contributed by atoms with Gasteiger partial charge in [0.2, 0.25) is 10.0 Å². The van der Waals surface area contributed by atoms with E-state index in [1.54, 1.807) is 19.2 Å². The zero-order chi connectivity index (χ0) is 26.4. The van der Waals surface area contributed by atoms with E-state index in [4.69, 9.17) is 9.88 Å². The molecule has 0 aliphatic carbocycles. The molecule has 2 aromatic carbocycles. The lowest BCUT2D eigenvalue weighted by Crippen LogP contribution is -2.56. The zero-order valence-corrected chi connectivity index (χ0v) is 22.0. The quantitative estimate of drug-likeness (QED) is 0.363. The first-order valence-electron chi connectivity index (χ1n) is 12.7. The van der Waals surface area contributed by atoms with Gasteiger partial charge in [0.05, 0.1) is 29.8 Å². The first-order chi connectivity index (χ1) is 18.4. The Labute approximate surface area is 222 Å². The largest absolute Gasteiger partial charge is 0.497 e. The monoisotopic (exact) mass is 530 g/mol. The molecule has 2 aromatic heterocycles. The number of hydrogen-bond donors (Lipinski definition) is 1. The number of methoxy groups -OCH3 is 1. The maximum absolute atomic E-state index is 11.7. The van der Waals surface area contributed by atoms with Gasteiger partial charge in [-0.3, -0.25) is 9.88 Å². The van der Waals surface area contributed by atoms with Crippen LogP contribution in [0, 0.1) is 11.8 Å². The second-order valence-electron chi connectivity index (χ2n) is 10.1. The lowest BCUT2D eigenvalue weighted by atomic mass is 9.73. The fraction of sp³-hybridized carbons (Fsp3) is 0.321. The predicted octanol–water partition coefficient (Wildman–Crippen LogP) is 3.64. The highest BCUT2D eigenvalue weighted by molar-refractivity contribution is 7.89. The number of nitrogens with two attached hydrogens (primary N) is 1. The first-order valence-corrected chi connectivity index (χ1v) is 14.2. The summed E-state index contributed by atoms with van der Waals surface area (Å²) in [4.78, 5) is 7.23. The van der Waals surface area contributed by atoms with E-state index in [-0.39, 0.29) is 17.0 Å². The van der Waals surface area contributed by atoms with Crippen LogP contribution in [0.5, 0.6) is 5.75 Å². The third-order valence-electron chi connectivity index (χ3n) is 8.09. The van der Waals surface area contributed by atoms with Gasteiger partial charge in [0, 0.05) is 29.7 Å². The number of ether oxygens (including phenoxy) is 1. The van der Waals surface area contributed by atoms with E-state index in [0.29, 0.717) is 17.5 Å². The van der Waals surface area contributed by atoms with Crippen molar-refractivity contribution in [3.8, 4) is 17.0 Å². The molecule has 5 heterocycles. The Balaban J connectivity index is 1.45. The van der Waals surface area contributed by atoms with Crippen LogP contribution in [0.2, 0.25) is 0 Å². The smallest absolute Gasteiger partial charge is 0.238 e. The number of hydrogen-bond acceptors (Lipinski definition) is 7. The Bertz CT molecular complexity index is 1600. The minimum atomic E-state index is -3.77. The minimum absolute atomic E-state index is 0.0616. The number of sulfonamides is 1. The maximum atomic E-state index is 11.7. The molecule has 2 bridgehead atoms. The van der Waals surface area contributed by atoms with Crippen LogP contribution in [-0.4, -0.2) is 59.5 Å². The van der Waals surface area contributed by atoms with Crippen LogP contribution in [0.15, 0.2) is 78.5 Å². The molecular formula is C28H30N6O3S. The SMILES string of the molecule is C=CC1CN2CCC1C[C@@H]2[C@@H](c1ccnc2ccc(OC)cc12)n1cc(-c2ccc(S(N)(=O)=O)cc2)nn1. The lowest BCUT2D eigenvalue weighted by molar-refractivity contribution is -0.000122. The van der Waals surface area contributed by atoms with E-state index < -0.39 is 10.0 Å². The van der Waals surface area contributed by atoms with E-state index in [9.17, 15) is 8.42 Å². The van der Waals surface area contributed by atoms with Crippen LogP contribution in [-0.2, 0) is 10.0 Å². The molecule has 3 fully saturated rings. The molecule has 3 aliphatic heterocycles. The molecule has 5 atom stereocenters. The zero-order valence-electron chi connectivity index (χ0n) is 21.1. The van der Waals surface area contributed by atoms with Crippen molar-refractivity contribution in [2.75, 3.05) is 20.2 Å². The van der Waals surface area contributed by atoms with Crippen LogP contribution >= 0.6 is 0 Å². The van der Waals surface area contributed by atoms with Gasteiger partial charge >= 0.3 is 0 Å². The highest BCUT2D eigenvalue weighted by Crippen LogP contribution is 2.43. The van der Waals surface area contributed by atoms with Crippen LogP contribution in [0.4, 0.5) is 0 Å². The first kappa shape index (κ1) is 24.7. The van der Waals surface area contributed by atoms with Crippen molar-refractivity contribution in [2.24, 2.45) is 17.0 Å². The Kier molecular flexibility index (Phi) is 6.25. The van der Waals surface area contributed by atoms with Crippen molar-refractivity contribution >= 4 is 20.9 Å². The molecule has 0 radical (unpaired) electrons. The Morgan fingerprint density at radius 3 is 2.68 bits per heavy atom. The van der Waals surface area contributed by atoms with E-state index >= 15 is 0 Å². The molecule has 10 heteroatoms. The van der Waals surface area contributed by atoms with Gasteiger partial charge in [0.15, 0.2) is 0 Å². The Morgan fingerprint density at radius 2 is 2.00 bits per heavy atom. The van der Waals surface area contributed by atoms with Crippen molar-refractivity contribution in [3.63, 3.8) is 0 Å². The van der Waals surface area contributed by atoms with Crippen LogP contribution < -0.4 is 9.88 Å². The molecule has 3 unspecified atom stereocenters. The summed E-state index contributed by atoms with van der Waals surface area (Å²) in [5, 5.41) is 15.4. The molecule has 0 saturated carbocycles. The molecular weight excluding hydrogens is 500 g/mol. The number of benzene rings is 2. The number of aromatic nitrogens is 4. The summed E-state index contributed by atoms with van der Waals surface area (Å²) in [6.45, 7) is 6.11. The topological polar surface area (TPSA) is 116 Å². The van der Waals surface area contributed by atoms with Crippen LogP contribution in [0.3, 0.4) is 0 Å². The summed E-state index contributed by atoms with van der Waals surface area (Å²) < 4.78 is 30.9. The van der Waals surface area contributed by atoms with E-state index in [2.05, 4.69) is 38.9 Å². The van der Waals surface area contributed by atoms with Crippen molar-refractivity contribution in [1.29, 1.82) is 0 Å². The van der Waals surface area contributed by atoms with Crippen LogP contribution in [0.1, 0.15) is 24.4 Å². The number of fused-ring (bicyclic) bond motifs is 4. The fourth-order valence-electron chi connectivity index (χ4n) is 6.12. The number of rotatable bonds is 7. The van der Waals surface area contributed by atoms with Crippen LogP contribution in [0.25, 0.3) is 22.2 Å². The fourth-order valence-corrected chi connectivity index (χ4v) is 6.64. The summed E-state index contributed by atoms with van der Waals surface area (Å²) in [7, 11) is -2.10. The molecule has 38 heavy (non-hydrogen) atoms. The number of piperidine rings is 3. The highest BCUT2D eigenvalue weighted by atomic mass is 32.2. The summed E-state index contributed by atoms with van der Waals surface area (Å²) in [5.74, 6) is 1.86. The average molecular weight is 531 g/mol. The van der Waals surface area contributed by atoms with Gasteiger partial charge in [-0.25, -0.2) is 18.2 Å².